The van der Waals surface area contributed by atoms with Crippen LogP contribution in [0.3, 0.4) is 0 Å². The fourth-order valence-electron chi connectivity index (χ4n) is 3.34. The number of aryl methyl sites for hydroxylation is 2. The number of hydroxylamine groups is 1. The first-order valence-electron chi connectivity index (χ1n) is 9.35. The van der Waals surface area contributed by atoms with E-state index in [4.69, 9.17) is 16.8 Å². The van der Waals surface area contributed by atoms with Gasteiger partial charge >= 0.3 is 0 Å². The van der Waals surface area contributed by atoms with Crippen molar-refractivity contribution in [3.05, 3.63) is 64.3 Å². The Kier molecular flexibility index (Phi) is 6.40. The molecule has 0 saturated heterocycles. The highest BCUT2D eigenvalue weighted by molar-refractivity contribution is 7.92. The SMILES string of the molecule is Cc1cc(Cl)c2cc(C(=O)N[C@H](C)c3ccc(S(=O)(=O)CC(=O)NO)cc3)n(C)c2c1. The third-order valence-electron chi connectivity index (χ3n) is 5.02. The zero-order valence-electron chi connectivity index (χ0n) is 17.1. The highest BCUT2D eigenvalue weighted by Crippen LogP contribution is 2.28. The summed E-state index contributed by atoms with van der Waals surface area (Å²) in [5.74, 6) is -2.18. The third-order valence-corrected chi connectivity index (χ3v) is 6.97. The summed E-state index contributed by atoms with van der Waals surface area (Å²) in [7, 11) is -2.09. The highest BCUT2D eigenvalue weighted by Gasteiger charge is 2.21. The Morgan fingerprint density at radius 3 is 2.42 bits per heavy atom. The molecule has 0 aliphatic carbocycles. The maximum absolute atomic E-state index is 12.9. The molecule has 0 saturated carbocycles. The van der Waals surface area contributed by atoms with Gasteiger partial charge in [-0.25, -0.2) is 13.9 Å². The number of carbonyl (C=O) groups excluding carboxylic acids is 2. The van der Waals surface area contributed by atoms with Crippen molar-refractivity contribution in [2.45, 2.75) is 24.8 Å². The molecule has 0 bridgehead atoms. The molecule has 0 spiro atoms. The Labute approximate surface area is 184 Å². The van der Waals surface area contributed by atoms with Gasteiger partial charge in [-0.1, -0.05) is 23.7 Å². The molecule has 3 N–H and O–H groups in total. The second-order valence-electron chi connectivity index (χ2n) is 7.33. The third kappa shape index (κ3) is 4.73. The Balaban J connectivity index is 1.79. The van der Waals surface area contributed by atoms with Crippen LogP contribution >= 0.6 is 11.6 Å². The zero-order valence-corrected chi connectivity index (χ0v) is 18.7. The van der Waals surface area contributed by atoms with E-state index >= 15 is 0 Å². The van der Waals surface area contributed by atoms with Crippen LogP contribution < -0.4 is 10.8 Å². The Morgan fingerprint density at radius 1 is 1.16 bits per heavy atom. The van der Waals surface area contributed by atoms with Crippen molar-refractivity contribution in [2.75, 3.05) is 5.75 Å². The van der Waals surface area contributed by atoms with Crippen molar-refractivity contribution in [3.63, 3.8) is 0 Å². The van der Waals surface area contributed by atoms with Gasteiger partial charge in [-0.2, -0.15) is 0 Å². The fraction of sp³-hybridized carbons (Fsp3) is 0.238. The van der Waals surface area contributed by atoms with Gasteiger partial charge in [0, 0.05) is 12.4 Å². The van der Waals surface area contributed by atoms with Gasteiger partial charge in [-0.15, -0.1) is 0 Å². The molecule has 1 atom stereocenters. The molecule has 8 nitrogen and oxygen atoms in total. The first-order valence-corrected chi connectivity index (χ1v) is 11.4. The minimum atomic E-state index is -3.88. The molecular weight excluding hydrogens is 442 g/mol. The topological polar surface area (TPSA) is 118 Å². The number of hydrogen-bond donors (Lipinski definition) is 3. The Morgan fingerprint density at radius 2 is 1.81 bits per heavy atom. The van der Waals surface area contributed by atoms with Crippen LogP contribution in [-0.4, -0.2) is 35.8 Å². The van der Waals surface area contributed by atoms with Crippen molar-refractivity contribution >= 4 is 44.2 Å². The van der Waals surface area contributed by atoms with E-state index in [1.54, 1.807) is 36.7 Å². The van der Waals surface area contributed by atoms with Crippen molar-refractivity contribution in [1.82, 2.24) is 15.4 Å². The van der Waals surface area contributed by atoms with E-state index in [2.05, 4.69) is 5.32 Å². The van der Waals surface area contributed by atoms with Crippen LogP contribution in [0.2, 0.25) is 5.02 Å². The van der Waals surface area contributed by atoms with Crippen molar-refractivity contribution in [3.8, 4) is 0 Å². The fourth-order valence-corrected chi connectivity index (χ4v) is 4.79. The second kappa shape index (κ2) is 8.70. The molecule has 0 radical (unpaired) electrons. The lowest BCUT2D eigenvalue weighted by atomic mass is 10.1. The number of amides is 2. The van der Waals surface area contributed by atoms with Crippen LogP contribution in [0.1, 0.15) is 34.6 Å². The molecule has 0 unspecified atom stereocenters. The number of halogens is 1. The molecule has 10 heteroatoms. The minimum absolute atomic E-state index is 0.0583. The molecule has 2 aromatic carbocycles. The van der Waals surface area contributed by atoms with Gasteiger partial charge in [0.2, 0.25) is 0 Å². The van der Waals surface area contributed by atoms with Crippen molar-refractivity contribution < 1.29 is 23.2 Å². The number of nitrogens with one attached hydrogen (secondary N) is 2. The highest BCUT2D eigenvalue weighted by atomic mass is 35.5. The average Bonchev–Trinajstić information content (AvgIpc) is 3.04. The molecule has 31 heavy (non-hydrogen) atoms. The summed E-state index contributed by atoms with van der Waals surface area (Å²) in [5.41, 5.74) is 4.28. The van der Waals surface area contributed by atoms with Crippen LogP contribution in [0.25, 0.3) is 10.9 Å². The largest absolute Gasteiger partial charge is 0.344 e. The standard InChI is InChI=1S/C21H22ClN3O5S/c1-12-8-17(22)16-10-19(25(3)18(16)9-12)21(27)23-13(2)14-4-6-15(7-5-14)31(29,30)11-20(26)24-28/h4-10,13,28H,11H2,1-3H3,(H,23,27)(H,24,26)/t13-/m1/s1. The van der Waals surface area contributed by atoms with Gasteiger partial charge in [-0.05, 0) is 55.3 Å². The van der Waals surface area contributed by atoms with Gasteiger partial charge in [0.05, 0.1) is 21.5 Å². The van der Waals surface area contributed by atoms with Crippen LogP contribution in [0, 0.1) is 6.92 Å². The summed E-state index contributed by atoms with van der Waals surface area (Å²) >= 11 is 6.31. The molecule has 1 heterocycles. The quantitative estimate of drug-likeness (QED) is 0.384. The molecule has 3 aromatic rings. The number of fused-ring (bicyclic) bond motifs is 1. The Bertz CT molecular complexity index is 1270. The first-order chi connectivity index (χ1) is 14.5. The number of aromatic nitrogens is 1. The van der Waals surface area contributed by atoms with E-state index in [9.17, 15) is 18.0 Å². The van der Waals surface area contributed by atoms with E-state index in [1.807, 2.05) is 19.1 Å². The van der Waals surface area contributed by atoms with E-state index < -0.39 is 27.5 Å². The monoisotopic (exact) mass is 463 g/mol. The maximum atomic E-state index is 12.9. The van der Waals surface area contributed by atoms with Crippen molar-refractivity contribution in [2.24, 2.45) is 7.05 Å². The predicted molar refractivity (Wildman–Crippen MR) is 117 cm³/mol. The van der Waals surface area contributed by atoms with Crippen molar-refractivity contribution in [1.29, 1.82) is 0 Å². The van der Waals surface area contributed by atoms with Gasteiger partial charge in [0.15, 0.2) is 9.84 Å². The van der Waals surface area contributed by atoms with Crippen LogP contribution in [-0.2, 0) is 21.7 Å². The van der Waals surface area contributed by atoms with Gasteiger partial charge < -0.3 is 9.88 Å². The predicted octanol–water partition coefficient (Wildman–Crippen LogP) is 2.91. The summed E-state index contributed by atoms with van der Waals surface area (Å²) < 4.78 is 26.1. The van der Waals surface area contributed by atoms with Gasteiger partial charge in [0.1, 0.15) is 11.4 Å². The molecule has 0 aliphatic heterocycles. The number of carbonyl (C=O) groups is 2. The molecular formula is C21H22ClN3O5S. The number of hydrogen-bond acceptors (Lipinski definition) is 5. The van der Waals surface area contributed by atoms with Gasteiger partial charge in [-0.3, -0.25) is 14.8 Å². The lowest BCUT2D eigenvalue weighted by Gasteiger charge is -2.15. The number of nitrogens with zero attached hydrogens (tertiary/aromatic N) is 1. The summed E-state index contributed by atoms with van der Waals surface area (Å²) in [6, 6.07) is 11.0. The first kappa shape index (κ1) is 22.8. The van der Waals surface area contributed by atoms with Crippen LogP contribution in [0.4, 0.5) is 0 Å². The summed E-state index contributed by atoms with van der Waals surface area (Å²) in [4.78, 5) is 24.0. The maximum Gasteiger partial charge on any atom is 0.268 e. The summed E-state index contributed by atoms with van der Waals surface area (Å²) in [6.45, 7) is 3.71. The molecule has 3 rings (SSSR count). The van der Waals surface area contributed by atoms with E-state index in [0.29, 0.717) is 16.3 Å². The van der Waals surface area contributed by atoms with E-state index in [-0.39, 0.29) is 10.8 Å². The smallest absolute Gasteiger partial charge is 0.268 e. The zero-order chi connectivity index (χ0) is 22.9. The van der Waals surface area contributed by atoms with Gasteiger partial charge in [0.25, 0.3) is 11.8 Å². The lowest BCUT2D eigenvalue weighted by Crippen LogP contribution is -2.28. The minimum Gasteiger partial charge on any atom is -0.344 e. The van der Waals surface area contributed by atoms with E-state index in [1.165, 1.54) is 17.6 Å². The molecule has 164 valence electrons. The van der Waals surface area contributed by atoms with Crippen LogP contribution in [0.15, 0.2) is 47.4 Å². The molecule has 0 fully saturated rings. The molecule has 1 aromatic heterocycles. The molecule has 0 aliphatic rings. The summed E-state index contributed by atoms with van der Waals surface area (Å²) in [5, 5.41) is 12.8. The number of benzene rings is 2. The van der Waals surface area contributed by atoms with E-state index in [0.717, 1.165) is 16.5 Å². The second-order valence-corrected chi connectivity index (χ2v) is 9.72. The van der Waals surface area contributed by atoms with Crippen LogP contribution in [0.5, 0.6) is 0 Å². The summed E-state index contributed by atoms with van der Waals surface area (Å²) in [6.07, 6.45) is 0. The molecule has 2 amide bonds. The average molecular weight is 464 g/mol. The normalized spacial score (nSPS) is 12.5. The Hall–Kier alpha value is -2.88. The number of rotatable bonds is 6. The number of sulfone groups is 1. The lowest BCUT2D eigenvalue weighted by molar-refractivity contribution is -0.126.